The normalized spacial score (nSPS) is 45.0. The molecule has 0 bridgehead atoms. The van der Waals surface area contributed by atoms with Gasteiger partial charge in [-0.25, -0.2) is 0 Å². The second-order valence-electron chi connectivity index (χ2n) is 4.96. The van der Waals surface area contributed by atoms with E-state index in [2.05, 4.69) is 5.32 Å². The minimum absolute atomic E-state index is 0.213. The van der Waals surface area contributed by atoms with Gasteiger partial charge in [0.05, 0.1) is 5.60 Å². The van der Waals surface area contributed by atoms with E-state index in [0.717, 1.165) is 32.2 Å². The number of aliphatic hydroxyl groups is 1. The van der Waals surface area contributed by atoms with Crippen molar-refractivity contribution in [3.05, 3.63) is 0 Å². The minimum Gasteiger partial charge on any atom is -0.388 e. The van der Waals surface area contributed by atoms with E-state index < -0.39 is 5.60 Å². The topological polar surface area (TPSA) is 58.3 Å². The maximum absolute atomic E-state index is 10.5. The molecule has 3 atom stereocenters. The minimum atomic E-state index is -0.510. The van der Waals surface area contributed by atoms with Gasteiger partial charge in [-0.2, -0.15) is 0 Å². The number of rotatable bonds is 1. The Morgan fingerprint density at radius 2 is 2.07 bits per heavy atom. The van der Waals surface area contributed by atoms with Crippen LogP contribution in [0.3, 0.4) is 0 Å². The van der Waals surface area contributed by atoms with Crippen molar-refractivity contribution in [2.75, 3.05) is 6.54 Å². The summed E-state index contributed by atoms with van der Waals surface area (Å²) in [7, 11) is 0. The molecule has 2 aliphatic rings. The maximum Gasteiger partial charge on any atom is 0.0815 e. The summed E-state index contributed by atoms with van der Waals surface area (Å²) in [5.74, 6) is 0. The molecule has 2 rings (SSSR count). The van der Waals surface area contributed by atoms with Crippen molar-refractivity contribution < 1.29 is 5.11 Å². The monoisotopic (exact) mass is 198 g/mol. The Morgan fingerprint density at radius 3 is 2.79 bits per heavy atom. The standard InChI is InChI=1S/C11H22N2O/c12-9-5-6-11(14,8-9)10-4-2-1-3-7-13-10/h9-10,13-14H,1-8,12H2. The van der Waals surface area contributed by atoms with Gasteiger partial charge in [0.25, 0.3) is 0 Å². The van der Waals surface area contributed by atoms with Crippen LogP contribution in [0.1, 0.15) is 44.9 Å². The molecule has 0 radical (unpaired) electrons. The molecule has 0 aromatic rings. The van der Waals surface area contributed by atoms with Gasteiger partial charge in [-0.05, 0) is 38.6 Å². The second-order valence-corrected chi connectivity index (χ2v) is 4.96. The number of nitrogens with two attached hydrogens (primary N) is 1. The highest BCUT2D eigenvalue weighted by atomic mass is 16.3. The fourth-order valence-corrected chi connectivity index (χ4v) is 2.90. The van der Waals surface area contributed by atoms with Gasteiger partial charge < -0.3 is 16.2 Å². The third kappa shape index (κ3) is 2.10. The molecule has 3 unspecified atom stereocenters. The largest absolute Gasteiger partial charge is 0.388 e. The van der Waals surface area contributed by atoms with Crippen LogP contribution >= 0.6 is 0 Å². The molecule has 0 spiro atoms. The number of nitrogens with one attached hydrogen (secondary N) is 1. The van der Waals surface area contributed by atoms with Crippen molar-refractivity contribution in [2.24, 2.45) is 5.73 Å². The Bertz CT molecular complexity index is 190. The molecule has 3 nitrogen and oxygen atoms in total. The van der Waals surface area contributed by atoms with Gasteiger partial charge in [-0.15, -0.1) is 0 Å². The first kappa shape index (κ1) is 10.4. The van der Waals surface area contributed by atoms with Gasteiger partial charge in [-0.3, -0.25) is 0 Å². The molecule has 1 saturated heterocycles. The predicted octanol–water partition coefficient (Wildman–Crippen LogP) is 0.761. The Morgan fingerprint density at radius 1 is 1.21 bits per heavy atom. The van der Waals surface area contributed by atoms with E-state index in [1.165, 1.54) is 19.3 Å². The van der Waals surface area contributed by atoms with Crippen LogP contribution < -0.4 is 11.1 Å². The van der Waals surface area contributed by atoms with E-state index in [-0.39, 0.29) is 6.04 Å². The molecule has 4 N–H and O–H groups in total. The Labute approximate surface area is 86.1 Å². The van der Waals surface area contributed by atoms with Crippen LogP contribution in [0.2, 0.25) is 0 Å². The molecule has 14 heavy (non-hydrogen) atoms. The SMILES string of the molecule is NC1CCC(O)(C2CCCCCN2)C1. The third-order valence-electron chi connectivity index (χ3n) is 3.77. The first-order chi connectivity index (χ1) is 6.71. The summed E-state index contributed by atoms with van der Waals surface area (Å²) in [4.78, 5) is 0. The van der Waals surface area contributed by atoms with E-state index >= 15 is 0 Å². The zero-order valence-corrected chi connectivity index (χ0v) is 8.84. The lowest BCUT2D eigenvalue weighted by Crippen LogP contribution is -2.49. The highest BCUT2D eigenvalue weighted by Gasteiger charge is 2.42. The highest BCUT2D eigenvalue weighted by Crippen LogP contribution is 2.34. The Balaban J connectivity index is 1.97. The lowest BCUT2D eigenvalue weighted by atomic mass is 9.89. The van der Waals surface area contributed by atoms with Crippen LogP contribution in [0.4, 0.5) is 0 Å². The van der Waals surface area contributed by atoms with Gasteiger partial charge in [0.1, 0.15) is 0 Å². The van der Waals surface area contributed by atoms with Crippen LogP contribution in [0.5, 0.6) is 0 Å². The summed E-state index contributed by atoms with van der Waals surface area (Å²) in [5, 5.41) is 13.9. The second kappa shape index (κ2) is 4.17. The Kier molecular flexibility index (Phi) is 3.10. The first-order valence-corrected chi connectivity index (χ1v) is 5.92. The lowest BCUT2D eigenvalue weighted by molar-refractivity contribution is 0.00550. The van der Waals surface area contributed by atoms with E-state index in [1.807, 2.05) is 0 Å². The summed E-state index contributed by atoms with van der Waals surface area (Å²) in [6, 6.07) is 0.503. The summed E-state index contributed by atoms with van der Waals surface area (Å²) in [6.45, 7) is 1.06. The van der Waals surface area contributed by atoms with Gasteiger partial charge >= 0.3 is 0 Å². The molecule has 2 fully saturated rings. The molecule has 1 aliphatic carbocycles. The van der Waals surface area contributed by atoms with Crippen LogP contribution in [0.25, 0.3) is 0 Å². The van der Waals surface area contributed by atoms with Crippen LogP contribution in [0, 0.1) is 0 Å². The molecular formula is C11H22N2O. The molecule has 0 aromatic carbocycles. The average molecular weight is 198 g/mol. The zero-order chi connectivity index (χ0) is 10.0. The number of hydrogen-bond donors (Lipinski definition) is 3. The van der Waals surface area contributed by atoms with Crippen molar-refractivity contribution in [1.82, 2.24) is 5.32 Å². The quantitative estimate of drug-likeness (QED) is 0.583. The van der Waals surface area contributed by atoms with Crippen molar-refractivity contribution in [2.45, 2.75) is 62.6 Å². The first-order valence-electron chi connectivity index (χ1n) is 5.92. The predicted molar refractivity (Wildman–Crippen MR) is 57.0 cm³/mol. The molecule has 82 valence electrons. The van der Waals surface area contributed by atoms with Crippen molar-refractivity contribution >= 4 is 0 Å². The van der Waals surface area contributed by atoms with Gasteiger partial charge in [0.15, 0.2) is 0 Å². The molecule has 0 amide bonds. The Hall–Kier alpha value is -0.120. The third-order valence-corrected chi connectivity index (χ3v) is 3.77. The summed E-state index contributed by atoms with van der Waals surface area (Å²) in [5.41, 5.74) is 5.36. The number of hydrogen-bond acceptors (Lipinski definition) is 3. The zero-order valence-electron chi connectivity index (χ0n) is 8.84. The van der Waals surface area contributed by atoms with Crippen LogP contribution in [0.15, 0.2) is 0 Å². The molecule has 3 heteroatoms. The van der Waals surface area contributed by atoms with Crippen molar-refractivity contribution in [3.8, 4) is 0 Å². The lowest BCUT2D eigenvalue weighted by Gasteiger charge is -2.32. The van der Waals surface area contributed by atoms with Crippen LogP contribution in [-0.4, -0.2) is 29.3 Å². The van der Waals surface area contributed by atoms with Crippen molar-refractivity contribution in [3.63, 3.8) is 0 Å². The van der Waals surface area contributed by atoms with Crippen LogP contribution in [-0.2, 0) is 0 Å². The van der Waals surface area contributed by atoms with Gasteiger partial charge in [0.2, 0.25) is 0 Å². The summed E-state index contributed by atoms with van der Waals surface area (Å²) < 4.78 is 0. The summed E-state index contributed by atoms with van der Waals surface area (Å²) in [6.07, 6.45) is 7.55. The fourth-order valence-electron chi connectivity index (χ4n) is 2.90. The van der Waals surface area contributed by atoms with E-state index in [9.17, 15) is 5.11 Å². The van der Waals surface area contributed by atoms with E-state index in [1.54, 1.807) is 0 Å². The highest BCUT2D eigenvalue weighted by molar-refractivity contribution is 4.99. The summed E-state index contributed by atoms with van der Waals surface area (Å²) >= 11 is 0. The van der Waals surface area contributed by atoms with E-state index in [0.29, 0.717) is 6.04 Å². The molecule has 0 aromatic heterocycles. The van der Waals surface area contributed by atoms with Gasteiger partial charge in [-0.1, -0.05) is 12.8 Å². The average Bonchev–Trinajstić information content (AvgIpc) is 2.45. The van der Waals surface area contributed by atoms with Gasteiger partial charge in [0, 0.05) is 12.1 Å². The molecular weight excluding hydrogens is 176 g/mol. The fraction of sp³-hybridized carbons (Fsp3) is 1.00. The molecule has 1 saturated carbocycles. The molecule has 1 aliphatic heterocycles. The molecule has 1 heterocycles. The maximum atomic E-state index is 10.5. The van der Waals surface area contributed by atoms with Crippen molar-refractivity contribution in [1.29, 1.82) is 0 Å². The smallest absolute Gasteiger partial charge is 0.0815 e. The van der Waals surface area contributed by atoms with E-state index in [4.69, 9.17) is 5.73 Å².